The smallest absolute Gasteiger partial charge is 0.133 e. The fraction of sp³-hybridized carbons (Fsp3) is 0.429. The van der Waals surface area contributed by atoms with E-state index in [9.17, 15) is 4.57 Å². The SMILES string of the molecule is CC1=CP(C)(=O)C=C(C)O1. The van der Waals surface area contributed by atoms with Crippen LogP contribution in [-0.2, 0) is 9.30 Å². The van der Waals surface area contributed by atoms with E-state index in [2.05, 4.69) is 0 Å². The Balaban J connectivity index is 2.99. The first-order valence-electron chi connectivity index (χ1n) is 3.13. The standard InChI is InChI=1S/C7H11O2P/c1-6-4-10(3,8)5-7(2)9-6/h4-5H,1-3H3. The van der Waals surface area contributed by atoms with Gasteiger partial charge in [-0.15, -0.1) is 0 Å². The van der Waals surface area contributed by atoms with Gasteiger partial charge in [0.2, 0.25) is 0 Å². The molecule has 1 aliphatic rings. The molecule has 10 heavy (non-hydrogen) atoms. The molecular weight excluding hydrogens is 147 g/mol. The first kappa shape index (κ1) is 7.62. The van der Waals surface area contributed by atoms with Gasteiger partial charge in [-0.05, 0) is 20.5 Å². The summed E-state index contributed by atoms with van der Waals surface area (Å²) in [6.45, 7) is 5.35. The van der Waals surface area contributed by atoms with Crippen molar-refractivity contribution in [1.82, 2.24) is 0 Å². The summed E-state index contributed by atoms with van der Waals surface area (Å²) in [7, 11) is -2.15. The Morgan fingerprint density at radius 1 is 1.30 bits per heavy atom. The molecule has 1 aliphatic heterocycles. The molecule has 0 spiro atoms. The minimum absolute atomic E-state index is 0.742. The Bertz CT molecular complexity index is 228. The highest BCUT2D eigenvalue weighted by atomic mass is 31.2. The van der Waals surface area contributed by atoms with E-state index in [1.54, 1.807) is 18.3 Å². The molecule has 0 unspecified atom stereocenters. The summed E-state index contributed by atoms with van der Waals surface area (Å²) < 4.78 is 16.6. The van der Waals surface area contributed by atoms with Crippen LogP contribution in [0.25, 0.3) is 0 Å². The molecule has 56 valence electrons. The molecule has 0 aliphatic carbocycles. The van der Waals surface area contributed by atoms with Crippen molar-refractivity contribution in [2.24, 2.45) is 0 Å². The lowest BCUT2D eigenvalue weighted by Crippen LogP contribution is -1.91. The van der Waals surface area contributed by atoms with E-state index in [1.807, 2.05) is 13.8 Å². The van der Waals surface area contributed by atoms with Gasteiger partial charge in [0, 0.05) is 11.6 Å². The van der Waals surface area contributed by atoms with Gasteiger partial charge in [-0.3, -0.25) is 0 Å². The minimum atomic E-state index is -2.15. The molecule has 0 amide bonds. The molecule has 3 heteroatoms. The number of hydrogen-bond donors (Lipinski definition) is 0. The van der Waals surface area contributed by atoms with Crippen molar-refractivity contribution in [2.45, 2.75) is 13.8 Å². The summed E-state index contributed by atoms with van der Waals surface area (Å²) in [4.78, 5) is 0. The maximum absolute atomic E-state index is 11.4. The van der Waals surface area contributed by atoms with Crippen molar-refractivity contribution < 1.29 is 9.30 Å². The van der Waals surface area contributed by atoms with Gasteiger partial charge in [0.1, 0.15) is 18.7 Å². The van der Waals surface area contributed by atoms with E-state index >= 15 is 0 Å². The molecule has 2 nitrogen and oxygen atoms in total. The maximum atomic E-state index is 11.4. The minimum Gasteiger partial charge on any atom is -0.466 e. The van der Waals surface area contributed by atoms with Gasteiger partial charge in [-0.1, -0.05) is 0 Å². The van der Waals surface area contributed by atoms with Crippen molar-refractivity contribution in [3.8, 4) is 0 Å². The second-order valence-electron chi connectivity index (χ2n) is 2.64. The number of ether oxygens (including phenoxy) is 1. The van der Waals surface area contributed by atoms with Gasteiger partial charge in [0.05, 0.1) is 0 Å². The van der Waals surface area contributed by atoms with Crippen LogP contribution in [0.5, 0.6) is 0 Å². The van der Waals surface area contributed by atoms with Crippen molar-refractivity contribution in [1.29, 1.82) is 0 Å². The summed E-state index contributed by atoms with van der Waals surface area (Å²) in [6.07, 6.45) is 0. The highest BCUT2D eigenvalue weighted by molar-refractivity contribution is 7.69. The first-order chi connectivity index (χ1) is 4.49. The molecule has 0 aromatic rings. The van der Waals surface area contributed by atoms with Crippen molar-refractivity contribution in [3.63, 3.8) is 0 Å². The van der Waals surface area contributed by atoms with Crippen molar-refractivity contribution >= 4 is 7.14 Å². The van der Waals surface area contributed by atoms with Crippen LogP contribution in [0.1, 0.15) is 13.8 Å². The Labute approximate surface area is 60.9 Å². The van der Waals surface area contributed by atoms with Crippen molar-refractivity contribution in [2.75, 3.05) is 6.66 Å². The monoisotopic (exact) mass is 158 g/mol. The normalized spacial score (nSPS) is 22.7. The molecule has 1 rings (SSSR count). The molecular formula is C7H11O2P. The molecule has 0 saturated heterocycles. The first-order valence-corrected chi connectivity index (χ1v) is 5.42. The summed E-state index contributed by atoms with van der Waals surface area (Å²) >= 11 is 0. The number of hydrogen-bond acceptors (Lipinski definition) is 2. The third-order valence-electron chi connectivity index (χ3n) is 1.20. The Morgan fingerprint density at radius 3 is 2.00 bits per heavy atom. The molecule has 0 aromatic heterocycles. The summed E-state index contributed by atoms with van der Waals surface area (Å²) in [5.74, 6) is 4.84. The average Bonchev–Trinajstić information content (AvgIpc) is 1.54. The fourth-order valence-electron chi connectivity index (χ4n) is 1.07. The Kier molecular flexibility index (Phi) is 1.74. The highest BCUT2D eigenvalue weighted by Crippen LogP contribution is 2.49. The second-order valence-corrected chi connectivity index (χ2v) is 5.27. The highest BCUT2D eigenvalue weighted by Gasteiger charge is 2.14. The summed E-state index contributed by atoms with van der Waals surface area (Å²) in [5, 5.41) is 0. The third-order valence-corrected chi connectivity index (χ3v) is 2.95. The number of allylic oxidation sites excluding steroid dienone is 2. The van der Waals surface area contributed by atoms with E-state index < -0.39 is 7.14 Å². The zero-order valence-corrected chi connectivity index (χ0v) is 7.31. The van der Waals surface area contributed by atoms with Crippen LogP contribution in [0.15, 0.2) is 23.2 Å². The predicted molar refractivity (Wildman–Crippen MR) is 42.1 cm³/mol. The van der Waals surface area contributed by atoms with E-state index in [-0.39, 0.29) is 0 Å². The van der Waals surface area contributed by atoms with Crippen LogP contribution in [0.3, 0.4) is 0 Å². The van der Waals surface area contributed by atoms with E-state index in [0.717, 1.165) is 11.5 Å². The summed E-state index contributed by atoms with van der Waals surface area (Å²) in [6, 6.07) is 0. The fourth-order valence-corrected chi connectivity index (χ4v) is 2.69. The van der Waals surface area contributed by atoms with Crippen molar-refractivity contribution in [3.05, 3.63) is 23.2 Å². The molecule has 0 atom stereocenters. The molecule has 0 fully saturated rings. The predicted octanol–water partition coefficient (Wildman–Crippen LogP) is 2.73. The molecule has 0 aromatic carbocycles. The molecule has 1 heterocycles. The Morgan fingerprint density at radius 2 is 1.70 bits per heavy atom. The van der Waals surface area contributed by atoms with Gasteiger partial charge in [0.15, 0.2) is 0 Å². The van der Waals surface area contributed by atoms with Crippen LogP contribution < -0.4 is 0 Å². The topological polar surface area (TPSA) is 26.3 Å². The van der Waals surface area contributed by atoms with Crippen LogP contribution in [0, 0.1) is 0 Å². The maximum Gasteiger partial charge on any atom is 0.133 e. The lowest BCUT2D eigenvalue weighted by Gasteiger charge is -2.14. The largest absolute Gasteiger partial charge is 0.466 e. The van der Waals surface area contributed by atoms with Gasteiger partial charge in [-0.2, -0.15) is 0 Å². The van der Waals surface area contributed by atoms with E-state index in [1.165, 1.54) is 0 Å². The van der Waals surface area contributed by atoms with Crippen LogP contribution in [0.4, 0.5) is 0 Å². The number of rotatable bonds is 0. The van der Waals surface area contributed by atoms with Gasteiger partial charge in [0.25, 0.3) is 0 Å². The zero-order chi connectivity index (χ0) is 7.78. The Hall–Kier alpha value is -0.490. The second kappa shape index (κ2) is 2.28. The lowest BCUT2D eigenvalue weighted by atomic mass is 10.6. The zero-order valence-electron chi connectivity index (χ0n) is 6.42. The molecule has 0 radical (unpaired) electrons. The van der Waals surface area contributed by atoms with Crippen LogP contribution in [0.2, 0.25) is 0 Å². The molecule has 0 N–H and O–H groups in total. The van der Waals surface area contributed by atoms with Crippen LogP contribution >= 0.6 is 7.14 Å². The quantitative estimate of drug-likeness (QED) is 0.506. The van der Waals surface area contributed by atoms with E-state index in [0.29, 0.717) is 0 Å². The lowest BCUT2D eigenvalue weighted by molar-refractivity contribution is 0.308. The average molecular weight is 158 g/mol. The molecule has 0 bridgehead atoms. The van der Waals surface area contributed by atoms with Crippen LogP contribution in [-0.4, -0.2) is 6.66 Å². The summed E-state index contributed by atoms with van der Waals surface area (Å²) in [5.41, 5.74) is 0. The van der Waals surface area contributed by atoms with Gasteiger partial charge in [-0.25, -0.2) is 0 Å². The van der Waals surface area contributed by atoms with Gasteiger partial charge >= 0.3 is 0 Å². The van der Waals surface area contributed by atoms with Gasteiger partial charge < -0.3 is 9.30 Å². The third kappa shape index (κ3) is 1.74. The molecule has 0 saturated carbocycles. The van der Waals surface area contributed by atoms with E-state index in [4.69, 9.17) is 4.74 Å².